The van der Waals surface area contributed by atoms with Crippen molar-refractivity contribution in [1.29, 1.82) is 0 Å². The van der Waals surface area contributed by atoms with Gasteiger partial charge in [-0.2, -0.15) is 0 Å². The number of rotatable bonds is 2. The van der Waals surface area contributed by atoms with Crippen molar-refractivity contribution in [3.63, 3.8) is 0 Å². The topological polar surface area (TPSA) is 58.6 Å². The molecule has 1 N–H and O–H groups in total. The van der Waals surface area contributed by atoms with Gasteiger partial charge in [-0.3, -0.25) is 9.59 Å². The first-order valence-corrected chi connectivity index (χ1v) is 8.70. The van der Waals surface area contributed by atoms with Crippen molar-refractivity contribution in [3.05, 3.63) is 83.2 Å². The molecule has 1 aliphatic heterocycles. The van der Waals surface area contributed by atoms with Crippen LogP contribution in [0.5, 0.6) is 11.5 Å². The summed E-state index contributed by atoms with van der Waals surface area (Å²) in [6.07, 6.45) is 0. The summed E-state index contributed by atoms with van der Waals surface area (Å²) in [7, 11) is 1.68. The van der Waals surface area contributed by atoms with Gasteiger partial charge < -0.3 is 15.0 Å². The van der Waals surface area contributed by atoms with Gasteiger partial charge >= 0.3 is 0 Å². The first-order chi connectivity index (χ1) is 13.4. The van der Waals surface area contributed by atoms with Gasteiger partial charge in [0.25, 0.3) is 11.8 Å². The Hall–Kier alpha value is -3.67. The van der Waals surface area contributed by atoms with E-state index in [0.29, 0.717) is 28.4 Å². The number of halogens is 1. The molecule has 1 heterocycles. The van der Waals surface area contributed by atoms with Crippen LogP contribution in [0, 0.1) is 12.7 Å². The molecular formula is C22H17FN2O3. The molecule has 6 heteroatoms. The zero-order chi connectivity index (χ0) is 19.8. The van der Waals surface area contributed by atoms with Gasteiger partial charge in [-0.25, -0.2) is 4.39 Å². The fourth-order valence-electron chi connectivity index (χ4n) is 3.08. The number of nitrogens with zero attached hydrogens (tertiary/aromatic N) is 1. The zero-order valence-corrected chi connectivity index (χ0v) is 15.3. The van der Waals surface area contributed by atoms with E-state index >= 15 is 0 Å². The summed E-state index contributed by atoms with van der Waals surface area (Å²) in [6.45, 7) is 1.94. The predicted molar refractivity (Wildman–Crippen MR) is 105 cm³/mol. The van der Waals surface area contributed by atoms with E-state index in [1.807, 2.05) is 25.1 Å². The first kappa shape index (κ1) is 17.7. The highest BCUT2D eigenvalue weighted by Crippen LogP contribution is 2.39. The molecule has 3 aromatic rings. The van der Waals surface area contributed by atoms with E-state index in [1.165, 1.54) is 23.1 Å². The van der Waals surface area contributed by atoms with Crippen LogP contribution < -0.4 is 15.0 Å². The van der Waals surface area contributed by atoms with Crippen LogP contribution >= 0.6 is 0 Å². The first-order valence-electron chi connectivity index (χ1n) is 8.70. The number of aryl methyl sites for hydroxylation is 1. The van der Waals surface area contributed by atoms with Gasteiger partial charge in [0.2, 0.25) is 0 Å². The summed E-state index contributed by atoms with van der Waals surface area (Å²) in [5, 5.41) is 2.69. The number of hydrogen-bond donors (Lipinski definition) is 1. The van der Waals surface area contributed by atoms with E-state index in [2.05, 4.69) is 5.32 Å². The number of ether oxygens (including phenoxy) is 1. The smallest absolute Gasteiger partial charge is 0.261 e. The number of hydrogen-bond acceptors (Lipinski definition) is 3. The number of anilines is 2. The quantitative estimate of drug-likeness (QED) is 0.701. The van der Waals surface area contributed by atoms with Gasteiger partial charge in [-0.15, -0.1) is 0 Å². The Kier molecular flexibility index (Phi) is 4.31. The Labute approximate surface area is 161 Å². The van der Waals surface area contributed by atoms with E-state index in [1.54, 1.807) is 25.2 Å². The second-order valence-electron chi connectivity index (χ2n) is 6.61. The standard InChI is InChI=1S/C22H17FN2O3/c1-13-6-8-20-18(10-13)25(2)22(27)17-12-16(7-9-19(17)28-20)24-21(26)14-4-3-5-15(23)11-14/h3-12H,1-2H3,(H,24,26). The van der Waals surface area contributed by atoms with E-state index < -0.39 is 11.7 Å². The highest BCUT2D eigenvalue weighted by Gasteiger charge is 2.26. The average Bonchev–Trinajstić information content (AvgIpc) is 2.78. The van der Waals surface area contributed by atoms with Crippen LogP contribution in [0.1, 0.15) is 26.3 Å². The number of benzene rings is 3. The fourth-order valence-corrected chi connectivity index (χ4v) is 3.08. The van der Waals surface area contributed by atoms with Crippen LogP contribution in [0.4, 0.5) is 15.8 Å². The molecular weight excluding hydrogens is 359 g/mol. The van der Waals surface area contributed by atoms with Gasteiger partial charge in [0, 0.05) is 18.3 Å². The van der Waals surface area contributed by atoms with Crippen LogP contribution in [-0.4, -0.2) is 18.9 Å². The molecule has 0 aliphatic carbocycles. The second kappa shape index (κ2) is 6.81. The van der Waals surface area contributed by atoms with Crippen LogP contribution in [0.2, 0.25) is 0 Å². The average molecular weight is 376 g/mol. The minimum atomic E-state index is -0.493. The number of carbonyl (C=O) groups is 2. The van der Waals surface area contributed by atoms with Crippen molar-refractivity contribution < 1.29 is 18.7 Å². The lowest BCUT2D eigenvalue weighted by Gasteiger charge is -2.16. The molecule has 2 amide bonds. The third-order valence-electron chi connectivity index (χ3n) is 4.55. The second-order valence-corrected chi connectivity index (χ2v) is 6.61. The van der Waals surface area contributed by atoms with E-state index in [-0.39, 0.29) is 11.5 Å². The summed E-state index contributed by atoms with van der Waals surface area (Å²) >= 11 is 0. The van der Waals surface area contributed by atoms with E-state index in [4.69, 9.17) is 4.74 Å². The largest absolute Gasteiger partial charge is 0.454 e. The minimum Gasteiger partial charge on any atom is -0.454 e. The van der Waals surface area contributed by atoms with Crippen LogP contribution in [0.15, 0.2) is 60.7 Å². The third-order valence-corrected chi connectivity index (χ3v) is 4.55. The molecule has 0 fully saturated rings. The number of fused-ring (bicyclic) bond motifs is 2. The predicted octanol–water partition coefficient (Wildman–Crippen LogP) is 4.77. The van der Waals surface area contributed by atoms with Gasteiger partial charge in [0.05, 0.1) is 11.3 Å². The molecule has 0 unspecified atom stereocenters. The molecule has 3 aromatic carbocycles. The summed E-state index contributed by atoms with van der Waals surface area (Å²) in [5.41, 5.74) is 2.62. The molecule has 0 saturated carbocycles. The maximum absolute atomic E-state index is 13.3. The van der Waals surface area contributed by atoms with Crippen LogP contribution in [-0.2, 0) is 0 Å². The molecule has 0 radical (unpaired) electrons. The fraction of sp³-hybridized carbons (Fsp3) is 0.0909. The summed E-state index contributed by atoms with van der Waals surface area (Å²) in [6, 6.07) is 15.9. The Morgan fingerprint density at radius 2 is 1.82 bits per heavy atom. The lowest BCUT2D eigenvalue weighted by molar-refractivity contribution is 0.0990. The lowest BCUT2D eigenvalue weighted by atomic mass is 10.1. The molecule has 0 saturated heterocycles. The van der Waals surface area contributed by atoms with Crippen molar-refractivity contribution in [2.45, 2.75) is 6.92 Å². The van der Waals surface area contributed by atoms with Gasteiger partial charge in [-0.1, -0.05) is 12.1 Å². The summed E-state index contributed by atoms with van der Waals surface area (Å²) < 4.78 is 19.3. The Morgan fingerprint density at radius 1 is 1.04 bits per heavy atom. The normalized spacial score (nSPS) is 12.5. The third kappa shape index (κ3) is 3.20. The molecule has 0 atom stereocenters. The highest BCUT2D eigenvalue weighted by atomic mass is 19.1. The Bertz CT molecular complexity index is 1110. The maximum atomic E-state index is 13.3. The van der Waals surface area contributed by atoms with Crippen molar-refractivity contribution >= 4 is 23.2 Å². The summed E-state index contributed by atoms with van der Waals surface area (Å²) in [5.74, 6) is -0.220. The summed E-state index contributed by atoms with van der Waals surface area (Å²) in [4.78, 5) is 26.8. The van der Waals surface area contributed by atoms with Gasteiger partial charge in [-0.05, 0) is 61.0 Å². The minimum absolute atomic E-state index is 0.192. The van der Waals surface area contributed by atoms with Gasteiger partial charge in [0.1, 0.15) is 11.6 Å². The van der Waals surface area contributed by atoms with Crippen molar-refractivity contribution in [1.82, 2.24) is 0 Å². The molecule has 0 bridgehead atoms. The van der Waals surface area contributed by atoms with Crippen molar-refractivity contribution in [2.24, 2.45) is 0 Å². The maximum Gasteiger partial charge on any atom is 0.261 e. The molecule has 0 aromatic heterocycles. The van der Waals surface area contributed by atoms with Crippen molar-refractivity contribution in [2.75, 3.05) is 17.3 Å². The Balaban J connectivity index is 1.67. The van der Waals surface area contributed by atoms with Crippen LogP contribution in [0.25, 0.3) is 0 Å². The molecule has 140 valence electrons. The van der Waals surface area contributed by atoms with Crippen molar-refractivity contribution in [3.8, 4) is 11.5 Å². The number of nitrogens with one attached hydrogen (secondary N) is 1. The Morgan fingerprint density at radius 3 is 2.61 bits per heavy atom. The molecule has 4 rings (SSSR count). The van der Waals surface area contributed by atoms with E-state index in [9.17, 15) is 14.0 Å². The molecule has 1 aliphatic rings. The molecule has 0 spiro atoms. The molecule has 28 heavy (non-hydrogen) atoms. The SMILES string of the molecule is Cc1ccc2c(c1)N(C)C(=O)c1cc(NC(=O)c3cccc(F)c3)ccc1O2. The van der Waals surface area contributed by atoms with Crippen LogP contribution in [0.3, 0.4) is 0 Å². The van der Waals surface area contributed by atoms with Gasteiger partial charge in [0.15, 0.2) is 5.75 Å². The monoisotopic (exact) mass is 376 g/mol. The highest BCUT2D eigenvalue weighted by molar-refractivity contribution is 6.11. The lowest BCUT2D eigenvalue weighted by Crippen LogP contribution is -2.25. The number of carbonyl (C=O) groups excluding carboxylic acids is 2. The van der Waals surface area contributed by atoms with E-state index in [0.717, 1.165) is 11.6 Å². The number of amides is 2. The zero-order valence-electron chi connectivity index (χ0n) is 15.3. The molecule has 5 nitrogen and oxygen atoms in total.